The van der Waals surface area contributed by atoms with Crippen molar-refractivity contribution in [3.05, 3.63) is 29.3 Å². The van der Waals surface area contributed by atoms with E-state index in [2.05, 4.69) is 10.6 Å². The van der Waals surface area contributed by atoms with Gasteiger partial charge in [0.15, 0.2) is 0 Å². The second-order valence-corrected chi connectivity index (χ2v) is 7.37. The molecule has 0 aromatic heterocycles. The lowest BCUT2D eigenvalue weighted by Gasteiger charge is -2.19. The van der Waals surface area contributed by atoms with E-state index in [0.29, 0.717) is 43.2 Å². The van der Waals surface area contributed by atoms with E-state index in [4.69, 9.17) is 16.3 Å². The highest BCUT2D eigenvalue weighted by molar-refractivity contribution is 6.30. The van der Waals surface area contributed by atoms with Crippen LogP contribution in [0.5, 0.6) is 5.75 Å². The molecule has 7 nitrogen and oxygen atoms in total. The predicted octanol–water partition coefficient (Wildman–Crippen LogP) is 2.48. The van der Waals surface area contributed by atoms with E-state index in [1.54, 1.807) is 24.3 Å². The average Bonchev–Trinajstić information content (AvgIpc) is 3.19. The van der Waals surface area contributed by atoms with Crippen molar-refractivity contribution >= 4 is 29.4 Å². The summed E-state index contributed by atoms with van der Waals surface area (Å²) in [5.74, 6) is 0.379. The molecule has 1 saturated carbocycles. The summed E-state index contributed by atoms with van der Waals surface area (Å²) < 4.78 is 5.50. The highest BCUT2D eigenvalue weighted by atomic mass is 35.5. The molecule has 0 bridgehead atoms. The number of benzene rings is 1. The zero-order valence-corrected chi connectivity index (χ0v) is 15.9. The van der Waals surface area contributed by atoms with Crippen LogP contribution in [-0.2, 0) is 9.59 Å². The van der Waals surface area contributed by atoms with E-state index in [1.165, 1.54) is 4.90 Å². The topological polar surface area (TPSA) is 87.7 Å². The van der Waals surface area contributed by atoms with Crippen molar-refractivity contribution in [2.45, 2.75) is 44.1 Å². The van der Waals surface area contributed by atoms with Gasteiger partial charge in [-0.15, -0.1) is 0 Å². The van der Waals surface area contributed by atoms with Gasteiger partial charge >= 0.3 is 6.03 Å². The highest BCUT2D eigenvalue weighted by Gasteiger charge is 2.51. The number of ether oxygens (including phenoxy) is 1. The minimum atomic E-state index is -0.684. The minimum absolute atomic E-state index is 0.132. The Morgan fingerprint density at radius 2 is 2.07 bits per heavy atom. The maximum atomic E-state index is 12.5. The summed E-state index contributed by atoms with van der Waals surface area (Å²) in [6.45, 7) is 0.970. The van der Waals surface area contributed by atoms with Gasteiger partial charge in [-0.2, -0.15) is 0 Å². The summed E-state index contributed by atoms with van der Waals surface area (Å²) in [6, 6.07) is 6.72. The van der Waals surface area contributed by atoms with Crippen LogP contribution in [0.4, 0.5) is 4.79 Å². The lowest BCUT2D eigenvalue weighted by atomic mass is 9.98. The molecule has 0 atom stereocenters. The van der Waals surface area contributed by atoms with E-state index in [0.717, 1.165) is 12.8 Å². The Bertz CT molecular complexity index is 719. The van der Waals surface area contributed by atoms with Crippen molar-refractivity contribution in [2.24, 2.45) is 0 Å². The molecule has 8 heteroatoms. The largest absolute Gasteiger partial charge is 0.492 e. The van der Waals surface area contributed by atoms with Crippen molar-refractivity contribution in [3.63, 3.8) is 0 Å². The van der Waals surface area contributed by atoms with Gasteiger partial charge in [0, 0.05) is 18.0 Å². The van der Waals surface area contributed by atoms with Crippen molar-refractivity contribution in [1.29, 1.82) is 0 Å². The maximum absolute atomic E-state index is 12.5. The highest BCUT2D eigenvalue weighted by Crippen LogP contribution is 2.35. The fourth-order valence-corrected chi connectivity index (χ4v) is 3.78. The van der Waals surface area contributed by atoms with Crippen molar-refractivity contribution < 1.29 is 19.1 Å². The zero-order chi connectivity index (χ0) is 19.3. The molecule has 1 aromatic carbocycles. The number of rotatable bonds is 8. The van der Waals surface area contributed by atoms with Crippen LogP contribution in [0.25, 0.3) is 0 Å². The average molecular weight is 394 g/mol. The molecule has 0 radical (unpaired) electrons. The number of carbonyl (C=O) groups excluding carboxylic acids is 3. The normalized spacial score (nSPS) is 18.0. The second-order valence-electron chi connectivity index (χ2n) is 6.94. The molecule has 2 N–H and O–H groups in total. The van der Waals surface area contributed by atoms with Gasteiger partial charge in [0.05, 0.1) is 6.54 Å². The number of hydrogen-bond acceptors (Lipinski definition) is 4. The van der Waals surface area contributed by atoms with Gasteiger partial charge in [0.2, 0.25) is 5.91 Å². The molecule has 4 amide bonds. The van der Waals surface area contributed by atoms with Crippen LogP contribution >= 0.6 is 11.6 Å². The first-order valence-corrected chi connectivity index (χ1v) is 9.67. The minimum Gasteiger partial charge on any atom is -0.492 e. The molecule has 1 spiro atoms. The van der Waals surface area contributed by atoms with Gasteiger partial charge in [0.1, 0.15) is 17.9 Å². The number of nitrogens with one attached hydrogen (secondary N) is 2. The predicted molar refractivity (Wildman–Crippen MR) is 101 cm³/mol. The van der Waals surface area contributed by atoms with Gasteiger partial charge in [0.25, 0.3) is 5.91 Å². The molecule has 1 aliphatic carbocycles. The molecule has 3 rings (SSSR count). The number of nitrogens with zero attached hydrogens (tertiary/aromatic N) is 1. The molecule has 1 heterocycles. The van der Waals surface area contributed by atoms with E-state index in [-0.39, 0.29) is 30.8 Å². The number of carbonyl (C=O) groups is 3. The second kappa shape index (κ2) is 8.61. The quantitative estimate of drug-likeness (QED) is 0.524. The fourth-order valence-electron chi connectivity index (χ4n) is 3.60. The monoisotopic (exact) mass is 393 g/mol. The Labute approximate surface area is 163 Å². The summed E-state index contributed by atoms with van der Waals surface area (Å²) in [5, 5.41) is 6.20. The van der Waals surface area contributed by atoms with Gasteiger partial charge in [-0.1, -0.05) is 30.5 Å². The number of urea groups is 1. The van der Waals surface area contributed by atoms with Crippen LogP contribution in [0.3, 0.4) is 0 Å². The number of amides is 4. The summed E-state index contributed by atoms with van der Waals surface area (Å²) in [5.41, 5.74) is -0.684. The SMILES string of the molecule is O=C(CCCN1C(=O)NC2(CCCC2)C1=O)NCCOc1cccc(Cl)c1. The Kier molecular flexibility index (Phi) is 6.21. The first kappa shape index (κ1) is 19.5. The first-order chi connectivity index (χ1) is 13.0. The Morgan fingerprint density at radius 1 is 1.30 bits per heavy atom. The summed E-state index contributed by atoms with van der Waals surface area (Å²) in [6.07, 6.45) is 4.03. The number of hydrogen-bond donors (Lipinski definition) is 2. The van der Waals surface area contributed by atoms with Gasteiger partial charge in [-0.25, -0.2) is 4.79 Å². The third-order valence-corrected chi connectivity index (χ3v) is 5.21. The van der Waals surface area contributed by atoms with Crippen molar-refractivity contribution in [1.82, 2.24) is 15.5 Å². The van der Waals surface area contributed by atoms with Crippen LogP contribution in [-0.4, -0.2) is 48.0 Å². The van der Waals surface area contributed by atoms with Crippen molar-refractivity contribution in [2.75, 3.05) is 19.7 Å². The molecule has 1 saturated heterocycles. The molecule has 27 heavy (non-hydrogen) atoms. The molecule has 2 aliphatic rings. The summed E-state index contributed by atoms with van der Waals surface area (Å²) >= 11 is 5.87. The third kappa shape index (κ3) is 4.71. The van der Waals surface area contributed by atoms with Crippen LogP contribution in [0.15, 0.2) is 24.3 Å². The van der Waals surface area contributed by atoms with E-state index in [1.807, 2.05) is 0 Å². The molecule has 2 fully saturated rings. The zero-order valence-electron chi connectivity index (χ0n) is 15.1. The standard InChI is InChI=1S/C19H24ClN3O4/c20-14-5-3-6-15(13-14)27-12-10-21-16(24)7-4-11-23-17(25)19(22-18(23)26)8-1-2-9-19/h3,5-6,13H,1-2,4,7-12H2,(H,21,24)(H,22,26). The smallest absolute Gasteiger partial charge is 0.325 e. The molecular weight excluding hydrogens is 370 g/mol. The molecule has 146 valence electrons. The molecule has 1 aromatic rings. The van der Waals surface area contributed by atoms with E-state index in [9.17, 15) is 14.4 Å². The Hall–Kier alpha value is -2.28. The van der Waals surface area contributed by atoms with Crippen LogP contribution in [0.1, 0.15) is 38.5 Å². The van der Waals surface area contributed by atoms with Crippen LogP contribution in [0.2, 0.25) is 5.02 Å². The van der Waals surface area contributed by atoms with Gasteiger partial charge < -0.3 is 15.4 Å². The molecular formula is C19H24ClN3O4. The Balaban J connectivity index is 1.32. The lowest BCUT2D eigenvalue weighted by molar-refractivity contribution is -0.131. The number of halogens is 1. The molecule has 0 unspecified atom stereocenters. The summed E-state index contributed by atoms with van der Waals surface area (Å²) in [7, 11) is 0. The summed E-state index contributed by atoms with van der Waals surface area (Å²) in [4.78, 5) is 37.7. The lowest BCUT2D eigenvalue weighted by Crippen LogP contribution is -2.44. The van der Waals surface area contributed by atoms with Gasteiger partial charge in [-0.3, -0.25) is 14.5 Å². The number of imide groups is 1. The maximum Gasteiger partial charge on any atom is 0.325 e. The van der Waals surface area contributed by atoms with E-state index >= 15 is 0 Å². The fraction of sp³-hybridized carbons (Fsp3) is 0.526. The van der Waals surface area contributed by atoms with E-state index < -0.39 is 5.54 Å². The first-order valence-electron chi connectivity index (χ1n) is 9.29. The van der Waals surface area contributed by atoms with Crippen LogP contribution in [0, 0.1) is 0 Å². The van der Waals surface area contributed by atoms with Crippen molar-refractivity contribution in [3.8, 4) is 5.75 Å². The third-order valence-electron chi connectivity index (χ3n) is 4.98. The van der Waals surface area contributed by atoms with Crippen LogP contribution < -0.4 is 15.4 Å². The van der Waals surface area contributed by atoms with Gasteiger partial charge in [-0.05, 0) is 37.5 Å². The molecule has 1 aliphatic heterocycles. The Morgan fingerprint density at radius 3 is 2.81 bits per heavy atom.